The predicted octanol–water partition coefficient (Wildman–Crippen LogP) is 6.75. The van der Waals surface area contributed by atoms with Crippen molar-refractivity contribution in [3.05, 3.63) is 41.5 Å². The van der Waals surface area contributed by atoms with Crippen molar-refractivity contribution in [1.82, 2.24) is 0 Å². The summed E-state index contributed by atoms with van der Waals surface area (Å²) in [6.45, 7) is 7.50. The highest BCUT2D eigenvalue weighted by molar-refractivity contribution is 5.79. The fourth-order valence-corrected chi connectivity index (χ4v) is 8.37. The van der Waals surface area contributed by atoms with Gasteiger partial charge in [-0.3, -0.25) is 4.79 Å². The van der Waals surface area contributed by atoms with Gasteiger partial charge >= 0.3 is 0 Å². The lowest BCUT2D eigenvalue weighted by atomic mass is 9.47. The van der Waals surface area contributed by atoms with Gasteiger partial charge in [-0.05, 0) is 105 Å². The summed E-state index contributed by atoms with van der Waals surface area (Å²) in [5.41, 5.74) is 3.45. The number of carbonyl (C=O) groups excluding carboxylic acids is 1. The molecule has 3 fully saturated rings. The lowest BCUT2D eigenvalue weighted by Gasteiger charge is -2.58. The van der Waals surface area contributed by atoms with Crippen LogP contribution in [-0.4, -0.2) is 19.0 Å². The fourth-order valence-electron chi connectivity index (χ4n) is 8.37. The van der Waals surface area contributed by atoms with Crippen molar-refractivity contribution < 1.29 is 14.3 Å². The van der Waals surface area contributed by atoms with Gasteiger partial charge in [0.25, 0.3) is 0 Å². The molecular formula is C29H40O3. The van der Waals surface area contributed by atoms with E-state index in [1.54, 1.807) is 12.7 Å². The molecule has 4 aliphatic carbocycles. The molecule has 0 aliphatic heterocycles. The van der Waals surface area contributed by atoms with Crippen LogP contribution in [0.1, 0.15) is 77.7 Å². The number of rotatable bonds is 5. The molecule has 0 saturated heterocycles. The van der Waals surface area contributed by atoms with Crippen LogP contribution in [0.3, 0.4) is 0 Å². The number of benzene rings is 1. The molecule has 0 aromatic heterocycles. The third-order valence-corrected chi connectivity index (χ3v) is 10.2. The van der Waals surface area contributed by atoms with Gasteiger partial charge in [0.15, 0.2) is 0 Å². The molecule has 174 valence electrons. The van der Waals surface area contributed by atoms with Crippen LogP contribution in [0, 0.1) is 34.5 Å². The molecule has 0 spiro atoms. The molecule has 5 rings (SSSR count). The van der Waals surface area contributed by atoms with Crippen molar-refractivity contribution in [3.63, 3.8) is 0 Å². The summed E-state index contributed by atoms with van der Waals surface area (Å²) in [7, 11) is 1.70. The first-order valence-corrected chi connectivity index (χ1v) is 12.8. The Kier molecular flexibility index (Phi) is 5.76. The van der Waals surface area contributed by atoms with E-state index >= 15 is 0 Å². The zero-order valence-corrected chi connectivity index (χ0v) is 20.4. The van der Waals surface area contributed by atoms with Crippen LogP contribution in [0.2, 0.25) is 0 Å². The maximum absolute atomic E-state index is 12.4. The number of ether oxygens (including phenoxy) is 2. The first-order chi connectivity index (χ1) is 15.3. The van der Waals surface area contributed by atoms with E-state index in [1.807, 2.05) is 19.1 Å². The average molecular weight is 437 g/mol. The third kappa shape index (κ3) is 3.56. The lowest BCUT2D eigenvalue weighted by Crippen LogP contribution is -2.51. The highest BCUT2D eigenvalue weighted by Crippen LogP contribution is 2.66. The Morgan fingerprint density at radius 3 is 2.53 bits per heavy atom. The van der Waals surface area contributed by atoms with Gasteiger partial charge in [-0.15, -0.1) is 0 Å². The van der Waals surface area contributed by atoms with E-state index in [9.17, 15) is 4.79 Å². The van der Waals surface area contributed by atoms with Gasteiger partial charge in [0.2, 0.25) is 0 Å². The fraction of sp³-hybridized carbons (Fsp3) is 0.690. The summed E-state index contributed by atoms with van der Waals surface area (Å²) < 4.78 is 11.6. The van der Waals surface area contributed by atoms with Crippen molar-refractivity contribution in [2.45, 2.75) is 84.8 Å². The Balaban J connectivity index is 1.27. The van der Waals surface area contributed by atoms with Gasteiger partial charge < -0.3 is 9.47 Å². The zero-order chi connectivity index (χ0) is 22.5. The molecule has 3 heteroatoms. The van der Waals surface area contributed by atoms with E-state index in [0.29, 0.717) is 29.8 Å². The summed E-state index contributed by atoms with van der Waals surface area (Å²) in [4.78, 5) is 12.4. The summed E-state index contributed by atoms with van der Waals surface area (Å²) in [6, 6.07) is 8.23. The third-order valence-electron chi connectivity index (χ3n) is 10.2. The molecule has 1 aromatic carbocycles. The van der Waals surface area contributed by atoms with Crippen LogP contribution in [0.15, 0.2) is 35.9 Å². The Morgan fingerprint density at radius 2 is 1.81 bits per heavy atom. The molecule has 1 unspecified atom stereocenters. The molecule has 0 N–H and O–H groups in total. The first kappa shape index (κ1) is 22.2. The van der Waals surface area contributed by atoms with Gasteiger partial charge in [0.1, 0.15) is 11.5 Å². The second-order valence-corrected chi connectivity index (χ2v) is 11.6. The number of carbonyl (C=O) groups is 1. The van der Waals surface area contributed by atoms with Gasteiger partial charge in [0, 0.05) is 5.92 Å². The van der Waals surface area contributed by atoms with Gasteiger partial charge in [-0.25, -0.2) is 0 Å². The van der Waals surface area contributed by atoms with Gasteiger partial charge in [0.05, 0.1) is 19.8 Å². The number of hydrogen-bond acceptors (Lipinski definition) is 3. The van der Waals surface area contributed by atoms with Gasteiger partial charge in [-0.2, -0.15) is 0 Å². The molecule has 0 heterocycles. The predicted molar refractivity (Wildman–Crippen MR) is 127 cm³/mol. The molecule has 3 nitrogen and oxygen atoms in total. The largest absolute Gasteiger partial charge is 0.497 e. The van der Waals surface area contributed by atoms with Crippen molar-refractivity contribution in [1.29, 1.82) is 0 Å². The van der Waals surface area contributed by atoms with Crippen molar-refractivity contribution in [2.24, 2.45) is 34.5 Å². The Morgan fingerprint density at radius 1 is 1.03 bits per heavy atom. The van der Waals surface area contributed by atoms with E-state index in [4.69, 9.17) is 9.47 Å². The van der Waals surface area contributed by atoms with Crippen LogP contribution >= 0.6 is 0 Å². The van der Waals surface area contributed by atoms with Crippen LogP contribution in [0.25, 0.3) is 0 Å². The molecule has 7 atom stereocenters. The monoisotopic (exact) mass is 436 g/mol. The Hall–Kier alpha value is -1.61. The van der Waals surface area contributed by atoms with Crippen molar-refractivity contribution >= 4 is 5.78 Å². The summed E-state index contributed by atoms with van der Waals surface area (Å²) in [6.07, 6.45) is 12.5. The Labute approximate surface area is 194 Å². The minimum absolute atomic E-state index is 0.243. The number of hydrogen-bond donors (Lipinski definition) is 0. The summed E-state index contributed by atoms with van der Waals surface area (Å²) >= 11 is 0. The highest BCUT2D eigenvalue weighted by Gasteiger charge is 2.59. The lowest BCUT2D eigenvalue weighted by molar-refractivity contribution is -0.127. The second-order valence-electron chi connectivity index (χ2n) is 11.6. The average Bonchev–Trinajstić information content (AvgIpc) is 3.15. The summed E-state index contributed by atoms with van der Waals surface area (Å²) in [5.74, 6) is 3.91. The number of ketones is 1. The molecule has 0 bridgehead atoms. The normalized spacial score (nSPS) is 40.6. The number of allylic oxidation sites excluding steroid dienone is 1. The topological polar surface area (TPSA) is 35.5 Å². The number of methoxy groups -OCH3 is 1. The molecule has 0 amide bonds. The highest BCUT2D eigenvalue weighted by atomic mass is 16.5. The smallest absolute Gasteiger partial charge is 0.133 e. The standard InChI is InChI=1S/C29H40O3/c1-19(30)25-11-12-26-24-10-7-21-17-23(32-18-20-5-8-22(31-4)9-6-20)13-15-28(21,2)27(24)14-16-29(25,26)3/h5-9,23-27H,10-18H2,1-4H3/t23?,24-,25+,26-,27-,28-,29+/m0/s1. The van der Waals surface area contributed by atoms with Crippen LogP contribution in [0.5, 0.6) is 5.75 Å². The molecule has 32 heavy (non-hydrogen) atoms. The van der Waals surface area contributed by atoms with E-state index in [1.165, 1.54) is 37.7 Å². The molecule has 4 aliphatic rings. The van der Waals surface area contributed by atoms with Gasteiger partial charge in [-0.1, -0.05) is 37.6 Å². The maximum atomic E-state index is 12.4. The van der Waals surface area contributed by atoms with E-state index in [-0.39, 0.29) is 5.41 Å². The molecule has 0 radical (unpaired) electrons. The van der Waals surface area contributed by atoms with Crippen LogP contribution < -0.4 is 4.74 Å². The minimum Gasteiger partial charge on any atom is -0.497 e. The van der Waals surface area contributed by atoms with Crippen molar-refractivity contribution in [3.8, 4) is 5.75 Å². The van der Waals surface area contributed by atoms with Crippen LogP contribution in [0.4, 0.5) is 0 Å². The van der Waals surface area contributed by atoms with Crippen LogP contribution in [-0.2, 0) is 16.1 Å². The zero-order valence-electron chi connectivity index (χ0n) is 20.4. The number of Topliss-reactive ketones (excluding diaryl/α,β-unsaturated/α-hetero) is 1. The Bertz CT molecular complexity index is 886. The quantitative estimate of drug-likeness (QED) is 0.479. The van der Waals surface area contributed by atoms with E-state index < -0.39 is 0 Å². The van der Waals surface area contributed by atoms with E-state index in [0.717, 1.165) is 42.8 Å². The molecule has 1 aromatic rings. The molecular weight excluding hydrogens is 396 g/mol. The first-order valence-electron chi connectivity index (χ1n) is 12.8. The van der Waals surface area contributed by atoms with Crippen molar-refractivity contribution in [2.75, 3.05) is 7.11 Å². The summed E-state index contributed by atoms with van der Waals surface area (Å²) in [5, 5.41) is 0. The second kappa shape index (κ2) is 8.31. The maximum Gasteiger partial charge on any atom is 0.133 e. The minimum atomic E-state index is 0.243. The van der Waals surface area contributed by atoms with E-state index in [2.05, 4.69) is 32.1 Å². The number of fused-ring (bicyclic) bond motifs is 5. The SMILES string of the molecule is COc1ccc(COC2CC[C@@]3(C)C(=CC[C@H]4[C@@H]5CC[C@H](C(C)=O)[C@@]5(C)CC[C@@H]43)C2)cc1. The molecule has 3 saturated carbocycles.